The van der Waals surface area contributed by atoms with Crippen LogP contribution in [0.15, 0.2) is 40.8 Å². The van der Waals surface area contributed by atoms with Gasteiger partial charge in [-0.2, -0.15) is 78.7 Å². The molecule has 0 aromatic heterocycles. The average molecular weight is 604 g/mol. The summed E-state index contributed by atoms with van der Waals surface area (Å²) in [6.45, 7) is 0. The van der Waals surface area contributed by atoms with Crippen LogP contribution in [0.3, 0.4) is 0 Å². The zero-order valence-electron chi connectivity index (χ0n) is 16.3. The van der Waals surface area contributed by atoms with E-state index in [1.54, 1.807) is 0 Å². The van der Waals surface area contributed by atoms with Gasteiger partial charge in [0.2, 0.25) is 11.7 Å². The highest BCUT2D eigenvalue weighted by Gasteiger charge is 2.92. The Kier molecular flexibility index (Phi) is 7.95. The van der Waals surface area contributed by atoms with Gasteiger partial charge in [0, 0.05) is 0 Å². The molecule has 214 valence electrons. The molecule has 0 aliphatic carbocycles. The molecule has 0 bridgehead atoms. The fraction of sp³-hybridized carbons (Fsp3) is 0.467. The van der Waals surface area contributed by atoms with Gasteiger partial charge in [-0.15, -0.1) is 0 Å². The van der Waals surface area contributed by atoms with Gasteiger partial charge in [0.05, 0.1) is 0 Å². The first-order valence-corrected chi connectivity index (χ1v) is 9.61. The number of allylic oxidation sites excluding steroid dienone is 2. The average Bonchev–Trinajstić information content (AvgIpc) is 2.70. The topological polar surface area (TPSA) is 63.6 Å². The molecule has 1 N–H and O–H groups in total. The van der Waals surface area contributed by atoms with Crippen LogP contribution in [0.25, 0.3) is 0 Å². The largest absolute Gasteiger partial charge is 0.471 e. The molecule has 0 atom stereocenters. The zero-order chi connectivity index (χ0) is 29.8. The second-order valence-electron chi connectivity index (χ2n) is 6.54. The third-order valence-corrected chi connectivity index (χ3v) is 4.92. The van der Waals surface area contributed by atoms with Crippen LogP contribution in [0.2, 0.25) is 0 Å². The molecule has 0 spiro atoms. The number of benzene rings is 1. The van der Waals surface area contributed by atoms with Crippen molar-refractivity contribution in [2.75, 3.05) is 0 Å². The van der Waals surface area contributed by atoms with Gasteiger partial charge in [-0.25, -0.2) is 4.39 Å². The van der Waals surface area contributed by atoms with Gasteiger partial charge in [0.1, 0.15) is 10.6 Å². The normalized spacial score (nSPS) is 15.9. The summed E-state index contributed by atoms with van der Waals surface area (Å²) in [6.07, 6.45) is -14.2. The highest BCUT2D eigenvalue weighted by atomic mass is 32.2. The highest BCUT2D eigenvalue weighted by molar-refractivity contribution is 7.86. The SMILES string of the molecule is O=S(=O)(O)c1ccccc1OC(F)(F)C(F)(F)C(F)(F)C(F)(F)C(F)(F)C(F)(F)/C(F)=C(\F)C(F)(F)F. The van der Waals surface area contributed by atoms with E-state index >= 15 is 0 Å². The number of hydrogen-bond acceptors (Lipinski definition) is 3. The first-order chi connectivity index (χ1) is 16.0. The first kappa shape index (κ1) is 32.5. The quantitative estimate of drug-likeness (QED) is 0.249. The zero-order valence-corrected chi connectivity index (χ0v) is 17.1. The number of rotatable bonds is 9. The second kappa shape index (κ2) is 9.05. The summed E-state index contributed by atoms with van der Waals surface area (Å²) < 4.78 is 259. The molecule has 1 aromatic rings. The summed E-state index contributed by atoms with van der Waals surface area (Å²) in [5.74, 6) is -54.0. The van der Waals surface area contributed by atoms with Crippen molar-refractivity contribution in [1.29, 1.82) is 0 Å². The van der Waals surface area contributed by atoms with Gasteiger partial charge in [0.15, 0.2) is 0 Å². The van der Waals surface area contributed by atoms with Crippen molar-refractivity contribution in [3.8, 4) is 5.75 Å². The number of para-hydroxylation sites is 1. The van der Waals surface area contributed by atoms with E-state index in [-0.39, 0.29) is 12.1 Å². The molecule has 0 fully saturated rings. The molecule has 0 saturated carbocycles. The van der Waals surface area contributed by atoms with E-state index in [1.807, 2.05) is 0 Å². The molecule has 0 aliphatic heterocycles. The number of ether oxygens (including phenoxy) is 1. The maximum atomic E-state index is 13.8. The van der Waals surface area contributed by atoms with Crippen LogP contribution in [-0.4, -0.2) is 54.9 Å². The van der Waals surface area contributed by atoms with Crippen LogP contribution in [-0.2, 0) is 10.1 Å². The van der Waals surface area contributed by atoms with Gasteiger partial charge < -0.3 is 4.74 Å². The molecular formula is C15H5F17O4S. The Labute approximate surface area is 192 Å². The lowest BCUT2D eigenvalue weighted by molar-refractivity contribution is -0.444. The molecule has 0 heterocycles. The Bertz CT molecular complexity index is 1150. The summed E-state index contributed by atoms with van der Waals surface area (Å²) in [4.78, 5) is -1.92. The van der Waals surface area contributed by atoms with E-state index in [1.165, 1.54) is 0 Å². The minimum Gasteiger partial charge on any atom is -0.426 e. The summed E-state index contributed by atoms with van der Waals surface area (Å²) in [6, 6.07) is 0.945. The van der Waals surface area contributed by atoms with Crippen molar-refractivity contribution >= 4 is 10.1 Å². The lowest BCUT2D eigenvalue weighted by Gasteiger charge is -2.40. The molecule has 1 aromatic carbocycles. The maximum Gasteiger partial charge on any atom is 0.471 e. The van der Waals surface area contributed by atoms with Crippen molar-refractivity contribution in [2.24, 2.45) is 0 Å². The van der Waals surface area contributed by atoms with Crippen molar-refractivity contribution in [3.63, 3.8) is 0 Å². The first-order valence-electron chi connectivity index (χ1n) is 8.17. The second-order valence-corrected chi connectivity index (χ2v) is 7.93. The fourth-order valence-corrected chi connectivity index (χ4v) is 2.74. The summed E-state index contributed by atoms with van der Waals surface area (Å²) >= 11 is 0. The maximum absolute atomic E-state index is 13.8. The highest BCUT2D eigenvalue weighted by Crippen LogP contribution is 2.61. The standard InChI is InChI=1S/C15H5F17O4S/c16-7(8(17)10(20,21)22)9(18,19)11(23,24)12(25,26)13(27,28)14(29,30)15(31,32)36-5-3-1-2-4-6(5)37(33,34)35/h1-4H,(H,33,34,35)/b8-7+. The number of alkyl halides is 15. The molecule has 1 rings (SSSR count). The summed E-state index contributed by atoms with van der Waals surface area (Å²) in [7, 11) is -5.72. The number of halogens is 17. The molecule has 0 aliphatic rings. The third-order valence-electron chi connectivity index (χ3n) is 4.03. The molecule has 4 nitrogen and oxygen atoms in total. The predicted octanol–water partition coefficient (Wildman–Crippen LogP) is 6.79. The fourth-order valence-electron chi connectivity index (χ4n) is 2.12. The molecule has 37 heavy (non-hydrogen) atoms. The Hall–Kier alpha value is -2.52. The summed E-state index contributed by atoms with van der Waals surface area (Å²) in [5.41, 5.74) is 0. The minimum atomic E-state index is -8.62. The lowest BCUT2D eigenvalue weighted by atomic mass is 9.93. The van der Waals surface area contributed by atoms with E-state index in [2.05, 4.69) is 4.74 Å². The van der Waals surface area contributed by atoms with Crippen LogP contribution in [0, 0.1) is 0 Å². The van der Waals surface area contributed by atoms with Gasteiger partial charge in [0.25, 0.3) is 10.1 Å². The van der Waals surface area contributed by atoms with Gasteiger partial charge >= 0.3 is 41.9 Å². The van der Waals surface area contributed by atoms with E-state index in [4.69, 9.17) is 4.55 Å². The van der Waals surface area contributed by atoms with E-state index in [9.17, 15) is 83.1 Å². The predicted molar refractivity (Wildman–Crippen MR) is 81.9 cm³/mol. The Morgan fingerprint density at radius 1 is 0.649 bits per heavy atom. The Balaban J connectivity index is 3.71. The Morgan fingerprint density at radius 3 is 1.46 bits per heavy atom. The van der Waals surface area contributed by atoms with Crippen LogP contribution >= 0.6 is 0 Å². The summed E-state index contributed by atoms with van der Waals surface area (Å²) in [5, 5.41) is 0. The van der Waals surface area contributed by atoms with Crippen molar-refractivity contribution in [1.82, 2.24) is 0 Å². The molecule has 0 radical (unpaired) electrons. The van der Waals surface area contributed by atoms with E-state index in [0.717, 1.165) is 0 Å². The van der Waals surface area contributed by atoms with Crippen molar-refractivity contribution in [3.05, 3.63) is 35.9 Å². The number of hydrogen-bond donors (Lipinski definition) is 1. The van der Waals surface area contributed by atoms with Crippen molar-refractivity contribution in [2.45, 2.75) is 46.8 Å². The molecule has 22 heteroatoms. The van der Waals surface area contributed by atoms with Crippen LogP contribution in [0.5, 0.6) is 5.75 Å². The van der Waals surface area contributed by atoms with Gasteiger partial charge in [-0.1, -0.05) is 12.1 Å². The minimum absolute atomic E-state index is 0.0741. The van der Waals surface area contributed by atoms with Crippen molar-refractivity contribution < 1.29 is 92.3 Å². The molecule has 0 saturated heterocycles. The van der Waals surface area contributed by atoms with E-state index in [0.29, 0.717) is 12.1 Å². The molecule has 0 unspecified atom stereocenters. The molecule has 0 amide bonds. The smallest absolute Gasteiger partial charge is 0.426 e. The van der Waals surface area contributed by atoms with Gasteiger partial charge in [-0.3, -0.25) is 4.55 Å². The van der Waals surface area contributed by atoms with Crippen LogP contribution in [0.4, 0.5) is 74.6 Å². The lowest BCUT2D eigenvalue weighted by Crippen LogP contribution is -2.71. The van der Waals surface area contributed by atoms with Crippen LogP contribution in [0.1, 0.15) is 0 Å². The Morgan fingerprint density at radius 2 is 1.05 bits per heavy atom. The third kappa shape index (κ3) is 5.12. The molecular weight excluding hydrogens is 599 g/mol. The van der Waals surface area contributed by atoms with E-state index < -0.39 is 74.3 Å². The van der Waals surface area contributed by atoms with Gasteiger partial charge in [-0.05, 0) is 12.1 Å². The van der Waals surface area contributed by atoms with Crippen LogP contribution < -0.4 is 4.74 Å². The monoisotopic (exact) mass is 604 g/mol.